The minimum atomic E-state index is -0.121. The largest absolute Gasteiger partial charge is 0.437 e. The van der Waals surface area contributed by atoms with Crippen molar-refractivity contribution in [2.45, 2.75) is 6.92 Å². The van der Waals surface area contributed by atoms with Crippen LogP contribution in [-0.2, 0) is 0 Å². The van der Waals surface area contributed by atoms with Crippen LogP contribution in [0.1, 0.15) is 15.2 Å². The summed E-state index contributed by atoms with van der Waals surface area (Å²) in [5, 5.41) is 4.77. The van der Waals surface area contributed by atoms with Crippen LogP contribution in [-0.4, -0.2) is 15.9 Å². The standard InChI is InChI=1S/C16H13N3O2S/c1-11-5-8-22-15(11)16(20)19-12-3-2-4-13(9-12)21-14-10-17-6-7-18-14/h2-10H,1H3,(H,19,20). The van der Waals surface area contributed by atoms with Crippen LogP contribution in [0.15, 0.2) is 54.3 Å². The maximum Gasteiger partial charge on any atom is 0.265 e. The number of benzene rings is 1. The molecule has 6 heteroatoms. The van der Waals surface area contributed by atoms with Crippen molar-refractivity contribution in [1.29, 1.82) is 0 Å². The maximum atomic E-state index is 12.2. The van der Waals surface area contributed by atoms with Crippen molar-refractivity contribution in [2.75, 3.05) is 5.32 Å². The molecule has 0 unspecified atom stereocenters. The number of anilines is 1. The zero-order valence-electron chi connectivity index (χ0n) is 11.8. The van der Waals surface area contributed by atoms with Crippen molar-refractivity contribution < 1.29 is 9.53 Å². The number of ether oxygens (including phenoxy) is 1. The number of aryl methyl sites for hydroxylation is 1. The molecule has 5 nitrogen and oxygen atoms in total. The molecule has 2 aromatic heterocycles. The van der Waals surface area contributed by atoms with Crippen LogP contribution in [0, 0.1) is 6.92 Å². The van der Waals surface area contributed by atoms with E-state index < -0.39 is 0 Å². The van der Waals surface area contributed by atoms with Gasteiger partial charge < -0.3 is 10.1 Å². The Morgan fingerprint density at radius 2 is 2.18 bits per heavy atom. The predicted octanol–water partition coefficient (Wildman–Crippen LogP) is 3.89. The van der Waals surface area contributed by atoms with Crippen molar-refractivity contribution >= 4 is 22.9 Å². The third kappa shape index (κ3) is 3.29. The molecule has 0 saturated heterocycles. The summed E-state index contributed by atoms with van der Waals surface area (Å²) >= 11 is 1.42. The fourth-order valence-corrected chi connectivity index (χ4v) is 2.71. The molecule has 2 heterocycles. The van der Waals surface area contributed by atoms with E-state index in [2.05, 4.69) is 15.3 Å². The first kappa shape index (κ1) is 14.2. The summed E-state index contributed by atoms with van der Waals surface area (Å²) in [4.78, 5) is 20.9. The molecule has 0 atom stereocenters. The summed E-state index contributed by atoms with van der Waals surface area (Å²) in [6.45, 7) is 1.92. The maximum absolute atomic E-state index is 12.2. The van der Waals surface area contributed by atoms with Gasteiger partial charge in [-0.3, -0.25) is 9.78 Å². The van der Waals surface area contributed by atoms with Gasteiger partial charge in [-0.15, -0.1) is 11.3 Å². The SMILES string of the molecule is Cc1ccsc1C(=O)Nc1cccc(Oc2cnccn2)c1. The number of rotatable bonds is 4. The Morgan fingerprint density at radius 3 is 2.91 bits per heavy atom. The highest BCUT2D eigenvalue weighted by molar-refractivity contribution is 7.12. The Hall–Kier alpha value is -2.73. The second-order valence-corrected chi connectivity index (χ2v) is 5.48. The van der Waals surface area contributed by atoms with Crippen LogP contribution in [0.25, 0.3) is 0 Å². The quantitative estimate of drug-likeness (QED) is 0.794. The van der Waals surface area contributed by atoms with E-state index in [4.69, 9.17) is 4.74 Å². The zero-order chi connectivity index (χ0) is 15.4. The second kappa shape index (κ2) is 6.36. The highest BCUT2D eigenvalue weighted by Crippen LogP contribution is 2.23. The van der Waals surface area contributed by atoms with Gasteiger partial charge in [0.2, 0.25) is 5.88 Å². The van der Waals surface area contributed by atoms with Crippen LogP contribution in [0.3, 0.4) is 0 Å². The highest BCUT2D eigenvalue weighted by Gasteiger charge is 2.11. The number of hydrogen-bond acceptors (Lipinski definition) is 5. The van der Waals surface area contributed by atoms with Gasteiger partial charge in [0, 0.05) is 24.1 Å². The molecule has 110 valence electrons. The molecule has 0 fully saturated rings. The van der Waals surface area contributed by atoms with Crippen molar-refractivity contribution in [1.82, 2.24) is 9.97 Å². The molecule has 3 rings (SSSR count). The zero-order valence-corrected chi connectivity index (χ0v) is 12.6. The number of aromatic nitrogens is 2. The number of carbonyl (C=O) groups is 1. The van der Waals surface area contributed by atoms with E-state index in [-0.39, 0.29) is 5.91 Å². The summed E-state index contributed by atoms with van der Waals surface area (Å²) in [7, 11) is 0. The predicted molar refractivity (Wildman–Crippen MR) is 85.6 cm³/mol. The van der Waals surface area contributed by atoms with Crippen molar-refractivity contribution in [3.8, 4) is 11.6 Å². The Balaban J connectivity index is 1.74. The van der Waals surface area contributed by atoms with Crippen LogP contribution >= 0.6 is 11.3 Å². The number of amides is 1. The molecular weight excluding hydrogens is 298 g/mol. The van der Waals surface area contributed by atoms with Crippen LogP contribution in [0.5, 0.6) is 11.6 Å². The summed E-state index contributed by atoms with van der Waals surface area (Å²) in [5.41, 5.74) is 1.63. The summed E-state index contributed by atoms with van der Waals surface area (Å²) in [5.74, 6) is 0.866. The molecule has 0 radical (unpaired) electrons. The number of carbonyl (C=O) groups excluding carboxylic acids is 1. The normalized spacial score (nSPS) is 10.2. The molecule has 0 saturated carbocycles. The molecular formula is C16H13N3O2S. The number of thiophene rings is 1. The smallest absolute Gasteiger partial charge is 0.265 e. The van der Waals surface area contributed by atoms with Crippen LogP contribution < -0.4 is 10.1 Å². The number of hydrogen-bond donors (Lipinski definition) is 1. The minimum absolute atomic E-state index is 0.121. The van der Waals surface area contributed by atoms with E-state index in [1.165, 1.54) is 17.5 Å². The lowest BCUT2D eigenvalue weighted by Crippen LogP contribution is -2.11. The first-order valence-electron chi connectivity index (χ1n) is 6.62. The molecule has 0 aliphatic carbocycles. The topological polar surface area (TPSA) is 64.1 Å². The highest BCUT2D eigenvalue weighted by atomic mass is 32.1. The van der Waals surface area contributed by atoms with Crippen LogP contribution in [0.2, 0.25) is 0 Å². The van der Waals surface area contributed by atoms with Gasteiger partial charge in [0.25, 0.3) is 5.91 Å². The summed E-state index contributed by atoms with van der Waals surface area (Å²) in [6, 6.07) is 9.08. The lowest BCUT2D eigenvalue weighted by molar-refractivity contribution is 0.103. The van der Waals surface area contributed by atoms with E-state index in [0.29, 0.717) is 22.2 Å². The van der Waals surface area contributed by atoms with Gasteiger partial charge in [-0.2, -0.15) is 0 Å². The van der Waals surface area contributed by atoms with Gasteiger partial charge in [0.05, 0.1) is 11.1 Å². The van der Waals surface area contributed by atoms with E-state index in [9.17, 15) is 4.79 Å². The van der Waals surface area contributed by atoms with Crippen LogP contribution in [0.4, 0.5) is 5.69 Å². The lowest BCUT2D eigenvalue weighted by Gasteiger charge is -2.08. The molecule has 0 bridgehead atoms. The molecule has 3 aromatic rings. The van der Waals surface area contributed by atoms with Gasteiger partial charge in [-0.25, -0.2) is 4.98 Å². The van der Waals surface area contributed by atoms with Crippen molar-refractivity contribution in [3.05, 3.63) is 64.7 Å². The molecule has 1 amide bonds. The first-order valence-corrected chi connectivity index (χ1v) is 7.50. The summed E-state index contributed by atoms with van der Waals surface area (Å²) < 4.78 is 5.59. The minimum Gasteiger partial charge on any atom is -0.437 e. The van der Waals surface area contributed by atoms with E-state index in [1.54, 1.807) is 24.5 Å². The monoisotopic (exact) mass is 311 g/mol. The Labute approximate surface area is 131 Å². The van der Waals surface area contributed by atoms with E-state index in [1.807, 2.05) is 30.5 Å². The average molecular weight is 311 g/mol. The molecule has 1 aromatic carbocycles. The van der Waals surface area contributed by atoms with Crippen molar-refractivity contribution in [3.63, 3.8) is 0 Å². The van der Waals surface area contributed by atoms with E-state index >= 15 is 0 Å². The fourth-order valence-electron chi connectivity index (χ4n) is 1.89. The molecule has 1 N–H and O–H groups in total. The molecule has 0 aliphatic heterocycles. The van der Waals surface area contributed by atoms with Gasteiger partial charge in [0.15, 0.2) is 0 Å². The van der Waals surface area contributed by atoms with E-state index in [0.717, 1.165) is 5.56 Å². The third-order valence-corrected chi connectivity index (χ3v) is 3.94. The Morgan fingerprint density at radius 1 is 1.27 bits per heavy atom. The molecule has 0 aliphatic rings. The fraction of sp³-hybridized carbons (Fsp3) is 0.0625. The van der Waals surface area contributed by atoms with Gasteiger partial charge in [0.1, 0.15) is 5.75 Å². The van der Waals surface area contributed by atoms with Gasteiger partial charge >= 0.3 is 0 Å². The Bertz CT molecular complexity index is 787. The number of nitrogens with zero attached hydrogens (tertiary/aromatic N) is 2. The van der Waals surface area contributed by atoms with Gasteiger partial charge in [-0.05, 0) is 36.1 Å². The number of nitrogens with one attached hydrogen (secondary N) is 1. The molecule has 22 heavy (non-hydrogen) atoms. The Kier molecular flexibility index (Phi) is 4.11. The second-order valence-electron chi connectivity index (χ2n) is 4.56. The van der Waals surface area contributed by atoms with Gasteiger partial charge in [-0.1, -0.05) is 6.07 Å². The van der Waals surface area contributed by atoms with Crippen molar-refractivity contribution in [2.24, 2.45) is 0 Å². The molecule has 0 spiro atoms. The summed E-state index contributed by atoms with van der Waals surface area (Å²) in [6.07, 6.45) is 4.66. The average Bonchev–Trinajstić information content (AvgIpc) is 2.95. The first-order chi connectivity index (χ1) is 10.7. The third-order valence-electron chi connectivity index (χ3n) is 2.92. The lowest BCUT2D eigenvalue weighted by atomic mass is 10.2.